The first-order valence-corrected chi connectivity index (χ1v) is 4.90. The monoisotopic (exact) mass is 269 g/mol. The van der Waals surface area contributed by atoms with Crippen LogP contribution in [0.3, 0.4) is 0 Å². The highest BCUT2D eigenvalue weighted by Gasteiger charge is 2.39. The summed E-state index contributed by atoms with van der Waals surface area (Å²) in [5.41, 5.74) is 5.11. The molecule has 1 atom stereocenters. The summed E-state index contributed by atoms with van der Waals surface area (Å²) in [6, 6.07) is 3.93. The number of benzene rings is 1. The van der Waals surface area contributed by atoms with Crippen LogP contribution in [0, 0.1) is 0 Å². The number of hydrogen-bond acceptors (Lipinski definition) is 2. The van der Waals surface area contributed by atoms with Crippen LogP contribution in [-0.4, -0.2) is 12.3 Å². The molecule has 0 heterocycles. The van der Waals surface area contributed by atoms with Crippen molar-refractivity contribution >= 4 is 12.4 Å². The van der Waals surface area contributed by atoms with Crippen molar-refractivity contribution in [2.24, 2.45) is 5.73 Å². The van der Waals surface area contributed by atoms with Gasteiger partial charge in [0.15, 0.2) is 0 Å². The van der Waals surface area contributed by atoms with Crippen molar-refractivity contribution in [3.8, 4) is 5.75 Å². The van der Waals surface area contributed by atoms with E-state index in [1.807, 2.05) is 0 Å². The smallest absolute Gasteiger partial charge is 0.407 e. The zero-order valence-electron chi connectivity index (χ0n) is 9.49. The predicted octanol–water partition coefficient (Wildman–Crippen LogP) is 3.46. The second kappa shape index (κ2) is 6.12. The molecule has 0 radical (unpaired) electrons. The molecule has 0 fully saturated rings. The SMILES string of the molecule is CC(C)Oc1ccccc1[C@@H](N)C(F)(F)F.Cl. The summed E-state index contributed by atoms with van der Waals surface area (Å²) in [4.78, 5) is 0. The summed E-state index contributed by atoms with van der Waals surface area (Å²) in [6.07, 6.45) is -4.65. The number of ether oxygens (including phenoxy) is 1. The molecular formula is C11H15ClF3NO. The molecule has 0 aliphatic heterocycles. The molecule has 0 aliphatic rings. The molecule has 17 heavy (non-hydrogen) atoms. The Bertz CT molecular complexity index is 355. The Labute approximate surface area is 104 Å². The van der Waals surface area contributed by atoms with Crippen LogP contribution in [0.4, 0.5) is 13.2 Å². The Morgan fingerprint density at radius 1 is 1.18 bits per heavy atom. The van der Waals surface area contributed by atoms with Crippen LogP contribution in [0.15, 0.2) is 24.3 Å². The largest absolute Gasteiger partial charge is 0.491 e. The summed E-state index contributed by atoms with van der Waals surface area (Å²) >= 11 is 0. The van der Waals surface area contributed by atoms with Crippen LogP contribution in [-0.2, 0) is 0 Å². The van der Waals surface area contributed by atoms with Gasteiger partial charge in [-0.1, -0.05) is 18.2 Å². The molecule has 0 spiro atoms. The van der Waals surface area contributed by atoms with Crippen LogP contribution in [0.25, 0.3) is 0 Å². The van der Waals surface area contributed by atoms with Gasteiger partial charge in [-0.05, 0) is 19.9 Å². The Hall–Kier alpha value is -0.940. The molecule has 0 aromatic heterocycles. The van der Waals surface area contributed by atoms with Gasteiger partial charge in [-0.3, -0.25) is 0 Å². The van der Waals surface area contributed by atoms with E-state index in [2.05, 4.69) is 0 Å². The summed E-state index contributed by atoms with van der Waals surface area (Å²) in [6.45, 7) is 3.49. The first kappa shape index (κ1) is 16.1. The molecule has 0 saturated heterocycles. The average molecular weight is 270 g/mol. The van der Waals surface area contributed by atoms with Gasteiger partial charge < -0.3 is 10.5 Å². The molecule has 1 aromatic rings. The molecule has 0 aliphatic carbocycles. The fourth-order valence-electron chi connectivity index (χ4n) is 1.28. The first-order chi connectivity index (χ1) is 7.32. The van der Waals surface area contributed by atoms with E-state index in [0.29, 0.717) is 0 Å². The average Bonchev–Trinajstić information content (AvgIpc) is 2.15. The number of rotatable bonds is 3. The van der Waals surface area contributed by atoms with Crippen molar-refractivity contribution in [2.75, 3.05) is 0 Å². The minimum Gasteiger partial charge on any atom is -0.491 e. The van der Waals surface area contributed by atoms with Gasteiger partial charge in [-0.25, -0.2) is 0 Å². The summed E-state index contributed by atoms with van der Waals surface area (Å²) in [5.74, 6) is 0.183. The van der Waals surface area contributed by atoms with Gasteiger partial charge in [0.25, 0.3) is 0 Å². The highest BCUT2D eigenvalue weighted by molar-refractivity contribution is 5.85. The fraction of sp³-hybridized carbons (Fsp3) is 0.455. The van der Waals surface area contributed by atoms with Gasteiger partial charge in [0, 0.05) is 5.56 Å². The van der Waals surface area contributed by atoms with Gasteiger partial charge >= 0.3 is 6.18 Å². The molecule has 1 rings (SSSR count). The van der Waals surface area contributed by atoms with Crippen molar-refractivity contribution in [2.45, 2.75) is 32.2 Å². The lowest BCUT2D eigenvalue weighted by Gasteiger charge is -2.20. The molecule has 6 heteroatoms. The highest BCUT2D eigenvalue weighted by Crippen LogP contribution is 2.35. The maximum absolute atomic E-state index is 12.5. The third kappa shape index (κ3) is 4.44. The summed E-state index contributed by atoms with van der Waals surface area (Å²) in [5, 5.41) is 0. The maximum Gasteiger partial charge on any atom is 0.407 e. The van der Waals surface area contributed by atoms with Crippen molar-refractivity contribution in [3.05, 3.63) is 29.8 Å². The van der Waals surface area contributed by atoms with Gasteiger partial charge in [-0.2, -0.15) is 13.2 Å². The van der Waals surface area contributed by atoms with Gasteiger partial charge in [0.2, 0.25) is 0 Å². The molecule has 0 amide bonds. The van der Waals surface area contributed by atoms with Crippen molar-refractivity contribution in [1.82, 2.24) is 0 Å². The van der Waals surface area contributed by atoms with Crippen LogP contribution in [0.5, 0.6) is 5.75 Å². The zero-order valence-corrected chi connectivity index (χ0v) is 10.3. The third-order valence-electron chi connectivity index (χ3n) is 1.97. The van der Waals surface area contributed by atoms with Gasteiger partial charge in [0.05, 0.1) is 6.10 Å². The number of hydrogen-bond donors (Lipinski definition) is 1. The molecule has 98 valence electrons. The number of halogens is 4. The van der Waals surface area contributed by atoms with E-state index in [1.54, 1.807) is 19.9 Å². The van der Waals surface area contributed by atoms with E-state index in [9.17, 15) is 13.2 Å². The lowest BCUT2D eigenvalue weighted by atomic mass is 10.1. The number of nitrogens with two attached hydrogens (primary N) is 1. The maximum atomic E-state index is 12.5. The number of para-hydroxylation sites is 1. The molecular weight excluding hydrogens is 255 g/mol. The zero-order chi connectivity index (χ0) is 12.3. The van der Waals surface area contributed by atoms with E-state index in [-0.39, 0.29) is 29.8 Å². The second-order valence-corrected chi connectivity index (χ2v) is 3.72. The number of alkyl halides is 3. The lowest BCUT2D eigenvalue weighted by Crippen LogP contribution is -2.29. The van der Waals surface area contributed by atoms with Crippen LogP contribution >= 0.6 is 12.4 Å². The molecule has 0 saturated carbocycles. The third-order valence-corrected chi connectivity index (χ3v) is 1.97. The van der Waals surface area contributed by atoms with E-state index in [4.69, 9.17) is 10.5 Å². The Balaban J connectivity index is 0.00000256. The minimum atomic E-state index is -4.46. The predicted molar refractivity (Wildman–Crippen MR) is 62.4 cm³/mol. The molecule has 2 nitrogen and oxygen atoms in total. The fourth-order valence-corrected chi connectivity index (χ4v) is 1.28. The van der Waals surface area contributed by atoms with E-state index in [1.165, 1.54) is 18.2 Å². The summed E-state index contributed by atoms with van der Waals surface area (Å²) in [7, 11) is 0. The minimum absolute atomic E-state index is 0. The van der Waals surface area contributed by atoms with E-state index in [0.717, 1.165) is 0 Å². The Morgan fingerprint density at radius 3 is 2.18 bits per heavy atom. The molecule has 0 unspecified atom stereocenters. The van der Waals surface area contributed by atoms with Crippen LogP contribution in [0.2, 0.25) is 0 Å². The highest BCUT2D eigenvalue weighted by atomic mass is 35.5. The van der Waals surface area contributed by atoms with Gasteiger partial charge in [0.1, 0.15) is 11.8 Å². The molecule has 2 N–H and O–H groups in total. The van der Waals surface area contributed by atoms with Crippen molar-refractivity contribution in [1.29, 1.82) is 0 Å². The van der Waals surface area contributed by atoms with Crippen molar-refractivity contribution < 1.29 is 17.9 Å². The second-order valence-electron chi connectivity index (χ2n) is 3.72. The Kier molecular flexibility index (Phi) is 5.78. The molecule has 0 bridgehead atoms. The van der Waals surface area contributed by atoms with Crippen LogP contribution < -0.4 is 10.5 Å². The summed E-state index contributed by atoms with van der Waals surface area (Å²) < 4.78 is 42.7. The van der Waals surface area contributed by atoms with E-state index < -0.39 is 12.2 Å². The van der Waals surface area contributed by atoms with Crippen molar-refractivity contribution in [3.63, 3.8) is 0 Å². The van der Waals surface area contributed by atoms with Crippen LogP contribution in [0.1, 0.15) is 25.5 Å². The van der Waals surface area contributed by atoms with E-state index >= 15 is 0 Å². The standard InChI is InChI=1S/C11H14F3NO.ClH/c1-7(2)16-9-6-4-3-5-8(9)10(15)11(12,13)14;/h3-7,10H,15H2,1-2H3;1H/t10-;/m1./s1. The molecule has 1 aromatic carbocycles. The Morgan fingerprint density at radius 2 is 1.71 bits per heavy atom. The van der Waals surface area contributed by atoms with Gasteiger partial charge in [-0.15, -0.1) is 12.4 Å². The topological polar surface area (TPSA) is 35.2 Å². The first-order valence-electron chi connectivity index (χ1n) is 4.90. The lowest BCUT2D eigenvalue weighted by molar-refractivity contribution is -0.149. The normalized spacial score (nSPS) is 13.1. The quantitative estimate of drug-likeness (QED) is 0.912.